The number of nitrogens with one attached hydrogen (secondary N) is 1. The van der Waals surface area contributed by atoms with Crippen LogP contribution in [0.25, 0.3) is 0 Å². The van der Waals surface area contributed by atoms with Crippen LogP contribution in [0.5, 0.6) is 11.5 Å². The zero-order valence-electron chi connectivity index (χ0n) is 15.0. The third-order valence-electron chi connectivity index (χ3n) is 3.77. The van der Waals surface area contributed by atoms with Crippen molar-refractivity contribution < 1.29 is 24.3 Å². The maximum absolute atomic E-state index is 11.1. The highest BCUT2D eigenvalue weighted by atomic mass is 32.2. The second-order valence-corrected chi connectivity index (χ2v) is 6.74. The van der Waals surface area contributed by atoms with Crippen molar-refractivity contribution >= 4 is 41.6 Å². The molecule has 0 bridgehead atoms. The van der Waals surface area contributed by atoms with E-state index in [1.54, 1.807) is 6.07 Å². The van der Waals surface area contributed by atoms with Crippen LogP contribution in [-0.2, 0) is 11.4 Å². The Morgan fingerprint density at radius 1 is 1.29 bits per heavy atom. The normalized spacial score (nSPS) is 15.1. The first-order chi connectivity index (χ1) is 13.6. The standard InChI is InChI=1S/C18H18BN3O5S/c1-26-15-8-13(9-20-22-18-21-16(23)11-28-18)7-14(19(24)25)17(15)27-10-12-5-3-2-4-6-12/h2-9,24-25H,10-11H2,1H3,(H,21,22,23). The lowest BCUT2D eigenvalue weighted by atomic mass is 9.78. The molecule has 8 nitrogen and oxygen atoms in total. The van der Waals surface area contributed by atoms with Crippen molar-refractivity contribution in [1.29, 1.82) is 0 Å². The lowest BCUT2D eigenvalue weighted by molar-refractivity contribution is -0.116. The van der Waals surface area contributed by atoms with Gasteiger partial charge in [-0.2, -0.15) is 5.10 Å². The Morgan fingerprint density at radius 2 is 2.07 bits per heavy atom. The lowest BCUT2D eigenvalue weighted by Gasteiger charge is -2.16. The summed E-state index contributed by atoms with van der Waals surface area (Å²) in [6.45, 7) is 0.245. The first kappa shape index (κ1) is 19.9. The maximum atomic E-state index is 11.1. The molecule has 1 saturated heterocycles. The number of amidine groups is 1. The molecule has 0 aliphatic carbocycles. The topological polar surface area (TPSA) is 113 Å². The molecule has 1 amide bonds. The molecule has 2 aromatic carbocycles. The van der Waals surface area contributed by atoms with Gasteiger partial charge in [0.15, 0.2) is 16.7 Å². The van der Waals surface area contributed by atoms with Gasteiger partial charge in [-0.15, -0.1) is 5.10 Å². The molecule has 144 valence electrons. The minimum absolute atomic E-state index is 0.119. The van der Waals surface area contributed by atoms with Gasteiger partial charge < -0.3 is 24.8 Å². The fourth-order valence-corrected chi connectivity index (χ4v) is 3.11. The summed E-state index contributed by atoms with van der Waals surface area (Å²) in [7, 11) is -0.298. The first-order valence-corrected chi connectivity index (χ1v) is 9.34. The highest BCUT2D eigenvalue weighted by Crippen LogP contribution is 2.27. The Hall–Kier alpha value is -2.82. The maximum Gasteiger partial charge on any atom is 0.492 e. The quantitative estimate of drug-likeness (QED) is 0.355. The number of ether oxygens (including phenoxy) is 2. The Balaban J connectivity index is 1.83. The van der Waals surface area contributed by atoms with E-state index >= 15 is 0 Å². The lowest BCUT2D eigenvalue weighted by Crippen LogP contribution is -2.32. The summed E-state index contributed by atoms with van der Waals surface area (Å²) < 4.78 is 11.1. The van der Waals surface area contributed by atoms with Crippen molar-refractivity contribution in [2.75, 3.05) is 12.9 Å². The minimum Gasteiger partial charge on any atom is -0.493 e. The summed E-state index contributed by atoms with van der Waals surface area (Å²) in [6.07, 6.45) is 1.42. The Morgan fingerprint density at radius 3 is 2.71 bits per heavy atom. The van der Waals surface area contributed by atoms with Crippen molar-refractivity contribution in [2.24, 2.45) is 10.2 Å². The molecule has 0 unspecified atom stereocenters. The predicted octanol–water partition coefficient (Wildman–Crippen LogP) is 0.507. The summed E-state index contributed by atoms with van der Waals surface area (Å²) in [6, 6.07) is 12.7. The molecular weight excluding hydrogens is 381 g/mol. The number of amides is 1. The molecule has 1 aliphatic heterocycles. The summed E-state index contributed by atoms with van der Waals surface area (Å²) in [5, 5.41) is 30.4. The summed E-state index contributed by atoms with van der Waals surface area (Å²) >= 11 is 1.26. The van der Waals surface area contributed by atoms with Gasteiger partial charge in [-0.3, -0.25) is 4.79 Å². The molecule has 0 spiro atoms. The van der Waals surface area contributed by atoms with Gasteiger partial charge in [-0.1, -0.05) is 42.1 Å². The second-order valence-electron chi connectivity index (χ2n) is 5.78. The molecule has 0 radical (unpaired) electrons. The van der Waals surface area contributed by atoms with E-state index in [0.717, 1.165) is 5.56 Å². The van der Waals surface area contributed by atoms with Crippen LogP contribution < -0.4 is 20.3 Å². The molecule has 2 aromatic rings. The van der Waals surface area contributed by atoms with E-state index in [-0.39, 0.29) is 23.7 Å². The predicted molar refractivity (Wildman–Crippen MR) is 109 cm³/mol. The number of benzene rings is 2. The van der Waals surface area contributed by atoms with E-state index in [9.17, 15) is 14.8 Å². The molecule has 3 rings (SSSR count). The SMILES string of the molecule is COc1cc(C=NN=C2NC(=O)CS2)cc(B(O)O)c1OCc1ccccc1. The molecular formula is C18H18BN3O5S. The fourth-order valence-electron chi connectivity index (χ4n) is 2.48. The Labute approximate surface area is 166 Å². The number of carbonyl (C=O) groups is 1. The number of hydrogen-bond acceptors (Lipinski definition) is 8. The molecule has 1 aliphatic rings. The van der Waals surface area contributed by atoms with Crippen LogP contribution in [-0.4, -0.2) is 47.3 Å². The molecule has 10 heteroatoms. The van der Waals surface area contributed by atoms with E-state index in [1.807, 2.05) is 30.3 Å². The van der Waals surface area contributed by atoms with Crippen LogP contribution in [0.4, 0.5) is 0 Å². The van der Waals surface area contributed by atoms with Crippen LogP contribution >= 0.6 is 11.8 Å². The Bertz CT molecular complexity index is 906. The van der Waals surface area contributed by atoms with Gasteiger partial charge in [-0.05, 0) is 23.3 Å². The molecule has 0 saturated carbocycles. The number of methoxy groups -OCH3 is 1. The highest BCUT2D eigenvalue weighted by Gasteiger charge is 2.22. The van der Waals surface area contributed by atoms with Crippen LogP contribution in [0.3, 0.4) is 0 Å². The summed E-state index contributed by atoms with van der Waals surface area (Å²) in [4.78, 5) is 11.1. The van der Waals surface area contributed by atoms with E-state index in [1.165, 1.54) is 31.2 Å². The van der Waals surface area contributed by atoms with E-state index in [2.05, 4.69) is 15.5 Å². The van der Waals surface area contributed by atoms with Crippen LogP contribution in [0, 0.1) is 0 Å². The fraction of sp³-hybridized carbons (Fsp3) is 0.167. The van der Waals surface area contributed by atoms with Gasteiger partial charge >= 0.3 is 7.12 Å². The van der Waals surface area contributed by atoms with Crippen LogP contribution in [0.2, 0.25) is 0 Å². The average Bonchev–Trinajstić information content (AvgIpc) is 3.12. The molecule has 0 aromatic heterocycles. The molecule has 1 heterocycles. The average molecular weight is 399 g/mol. The van der Waals surface area contributed by atoms with Crippen LogP contribution in [0.15, 0.2) is 52.7 Å². The highest BCUT2D eigenvalue weighted by molar-refractivity contribution is 8.15. The monoisotopic (exact) mass is 399 g/mol. The molecule has 1 fully saturated rings. The van der Waals surface area contributed by atoms with Crippen LogP contribution in [0.1, 0.15) is 11.1 Å². The van der Waals surface area contributed by atoms with Crippen molar-refractivity contribution in [1.82, 2.24) is 5.32 Å². The number of thioether (sulfide) groups is 1. The smallest absolute Gasteiger partial charge is 0.492 e. The molecule has 28 heavy (non-hydrogen) atoms. The van der Waals surface area contributed by atoms with E-state index in [4.69, 9.17) is 9.47 Å². The van der Waals surface area contributed by atoms with E-state index < -0.39 is 7.12 Å². The Kier molecular flexibility index (Phi) is 6.69. The number of nitrogens with zero attached hydrogens (tertiary/aromatic N) is 2. The second kappa shape index (κ2) is 9.40. The summed E-state index contributed by atoms with van der Waals surface area (Å²) in [5.41, 5.74) is 1.61. The zero-order valence-corrected chi connectivity index (χ0v) is 15.8. The van der Waals surface area contributed by atoms with Gasteiger partial charge in [-0.25, -0.2) is 0 Å². The van der Waals surface area contributed by atoms with E-state index in [0.29, 0.717) is 22.2 Å². The third-order valence-corrected chi connectivity index (χ3v) is 4.64. The van der Waals surface area contributed by atoms with Gasteiger partial charge in [0.2, 0.25) is 5.91 Å². The van der Waals surface area contributed by atoms with Crippen molar-refractivity contribution in [2.45, 2.75) is 6.61 Å². The minimum atomic E-state index is -1.76. The third kappa shape index (κ3) is 5.13. The first-order valence-electron chi connectivity index (χ1n) is 8.35. The largest absolute Gasteiger partial charge is 0.493 e. The number of carbonyl (C=O) groups excluding carboxylic acids is 1. The van der Waals surface area contributed by atoms with Gasteiger partial charge in [0, 0.05) is 5.46 Å². The molecule has 0 atom stereocenters. The van der Waals surface area contributed by atoms with Gasteiger partial charge in [0.05, 0.1) is 19.1 Å². The summed E-state index contributed by atoms with van der Waals surface area (Å²) in [5.74, 6) is 0.769. The van der Waals surface area contributed by atoms with Crippen molar-refractivity contribution in [3.8, 4) is 11.5 Å². The van der Waals surface area contributed by atoms with Gasteiger partial charge in [0.1, 0.15) is 6.61 Å². The van der Waals surface area contributed by atoms with Gasteiger partial charge in [0.25, 0.3) is 0 Å². The number of hydrogen-bond donors (Lipinski definition) is 3. The number of rotatable bonds is 7. The van der Waals surface area contributed by atoms with Crippen molar-refractivity contribution in [3.63, 3.8) is 0 Å². The molecule has 3 N–H and O–H groups in total. The zero-order chi connectivity index (χ0) is 19.9. The van der Waals surface area contributed by atoms with Crippen molar-refractivity contribution in [3.05, 3.63) is 53.6 Å².